The number of ether oxygens (including phenoxy) is 2. The van der Waals surface area contributed by atoms with E-state index in [2.05, 4.69) is 15.5 Å². The first-order valence-electron chi connectivity index (χ1n) is 14.3. The monoisotopic (exact) mass is 656 g/mol. The number of aromatic nitrogens is 3. The van der Waals surface area contributed by atoms with Crippen LogP contribution < -0.4 is 14.8 Å². The molecule has 0 saturated heterocycles. The number of rotatable bonds is 11. The van der Waals surface area contributed by atoms with Gasteiger partial charge in [-0.3, -0.25) is 14.2 Å². The highest BCUT2D eigenvalue weighted by Gasteiger charge is 2.34. The molecule has 0 bridgehead atoms. The van der Waals surface area contributed by atoms with Crippen LogP contribution >= 0.6 is 23.1 Å². The number of thiophene rings is 1. The van der Waals surface area contributed by atoms with E-state index in [1.54, 1.807) is 59.4 Å². The van der Waals surface area contributed by atoms with Gasteiger partial charge in [-0.2, -0.15) is 5.10 Å². The number of para-hydroxylation sites is 1. The van der Waals surface area contributed by atoms with Crippen molar-refractivity contribution < 1.29 is 23.5 Å². The normalized spacial score (nSPS) is 14.2. The molecule has 0 aliphatic carbocycles. The Labute approximate surface area is 272 Å². The zero-order chi connectivity index (χ0) is 32.0. The molecule has 2 aromatic heterocycles. The number of halogens is 1. The number of nitrogens with one attached hydrogen (secondary N) is 1. The summed E-state index contributed by atoms with van der Waals surface area (Å²) in [7, 11) is 3.11. The Morgan fingerprint density at radius 3 is 2.48 bits per heavy atom. The highest BCUT2D eigenvalue weighted by atomic mass is 32.2. The lowest BCUT2D eigenvalue weighted by molar-refractivity contribution is -0.130. The third-order valence-electron chi connectivity index (χ3n) is 7.34. The Morgan fingerprint density at radius 2 is 1.76 bits per heavy atom. The number of methoxy groups -OCH3 is 2. The fraction of sp³-hybridized carbons (Fsp3) is 0.182. The summed E-state index contributed by atoms with van der Waals surface area (Å²) in [5, 5.41) is 20.2. The molecule has 2 amide bonds. The molecule has 1 aliphatic rings. The number of hydrazone groups is 1. The van der Waals surface area contributed by atoms with Gasteiger partial charge in [-0.05, 0) is 65.5 Å². The second-order valence-corrected chi connectivity index (χ2v) is 12.0. The van der Waals surface area contributed by atoms with Crippen LogP contribution in [0, 0.1) is 5.82 Å². The van der Waals surface area contributed by atoms with Gasteiger partial charge in [0.2, 0.25) is 0 Å². The van der Waals surface area contributed by atoms with Gasteiger partial charge in [0.25, 0.3) is 11.8 Å². The number of carbonyl (C=O) groups is 2. The zero-order valence-corrected chi connectivity index (χ0v) is 26.6. The van der Waals surface area contributed by atoms with Crippen molar-refractivity contribution in [3.05, 3.63) is 118 Å². The Bertz CT molecular complexity index is 1860. The maximum atomic E-state index is 13.8. The highest BCUT2D eigenvalue weighted by Crippen LogP contribution is 2.35. The average Bonchev–Trinajstić information content (AvgIpc) is 3.87. The molecule has 10 nitrogen and oxygen atoms in total. The van der Waals surface area contributed by atoms with Crippen LogP contribution in [0.4, 0.5) is 4.39 Å². The van der Waals surface area contributed by atoms with Gasteiger partial charge < -0.3 is 14.8 Å². The lowest BCUT2D eigenvalue weighted by Crippen LogP contribution is -2.28. The third-order valence-corrected chi connectivity index (χ3v) is 9.17. The van der Waals surface area contributed by atoms with E-state index in [1.165, 1.54) is 36.0 Å². The number of amides is 2. The second-order valence-electron chi connectivity index (χ2n) is 10.1. The largest absolute Gasteiger partial charge is 0.497 e. The van der Waals surface area contributed by atoms with Gasteiger partial charge >= 0.3 is 0 Å². The molecule has 1 aliphatic heterocycles. The lowest BCUT2D eigenvalue weighted by atomic mass is 10.0. The minimum Gasteiger partial charge on any atom is -0.497 e. The summed E-state index contributed by atoms with van der Waals surface area (Å²) >= 11 is 2.76. The van der Waals surface area contributed by atoms with Crippen molar-refractivity contribution in [1.82, 2.24) is 25.1 Å². The molecule has 13 heteroatoms. The summed E-state index contributed by atoms with van der Waals surface area (Å²) in [6.07, 6.45) is 0.574. The molecule has 3 aromatic carbocycles. The SMILES string of the molecule is COc1ccc([C@H]2CC(c3cccs3)=NN2C(=O)CSc2nnc(CNC(=O)c3ccccc3OC)n2-c2ccc(F)cc2)cc1. The van der Waals surface area contributed by atoms with Gasteiger partial charge in [0, 0.05) is 12.1 Å². The summed E-state index contributed by atoms with van der Waals surface area (Å²) in [4.78, 5) is 27.8. The van der Waals surface area contributed by atoms with Crippen LogP contribution in [0.3, 0.4) is 0 Å². The van der Waals surface area contributed by atoms with E-state index in [9.17, 15) is 14.0 Å². The number of hydrogen-bond donors (Lipinski definition) is 1. The van der Waals surface area contributed by atoms with E-state index in [0.717, 1.165) is 21.9 Å². The van der Waals surface area contributed by atoms with E-state index in [1.807, 2.05) is 41.8 Å². The summed E-state index contributed by atoms with van der Waals surface area (Å²) in [5.41, 5.74) is 2.74. The molecule has 46 heavy (non-hydrogen) atoms. The average molecular weight is 657 g/mol. The molecule has 234 valence electrons. The van der Waals surface area contributed by atoms with Gasteiger partial charge in [-0.25, -0.2) is 9.40 Å². The summed E-state index contributed by atoms with van der Waals surface area (Å²) in [6.45, 7) is 0.0237. The van der Waals surface area contributed by atoms with Crippen molar-refractivity contribution in [1.29, 1.82) is 0 Å². The van der Waals surface area contributed by atoms with Crippen molar-refractivity contribution in [2.24, 2.45) is 5.10 Å². The van der Waals surface area contributed by atoms with Gasteiger partial charge in [-0.1, -0.05) is 42.1 Å². The van der Waals surface area contributed by atoms with E-state index >= 15 is 0 Å². The minimum atomic E-state index is -0.398. The Morgan fingerprint density at radius 1 is 0.978 bits per heavy atom. The number of hydrogen-bond acceptors (Lipinski definition) is 9. The topological polar surface area (TPSA) is 111 Å². The molecule has 3 heterocycles. The molecule has 0 radical (unpaired) electrons. The van der Waals surface area contributed by atoms with Crippen molar-refractivity contribution in [2.75, 3.05) is 20.0 Å². The first kappa shape index (κ1) is 31.0. The van der Waals surface area contributed by atoms with E-state index in [0.29, 0.717) is 34.4 Å². The van der Waals surface area contributed by atoms with Crippen LogP contribution in [-0.4, -0.2) is 57.3 Å². The van der Waals surface area contributed by atoms with Crippen molar-refractivity contribution in [3.63, 3.8) is 0 Å². The molecular weight excluding hydrogens is 628 g/mol. The number of nitrogens with zero attached hydrogens (tertiary/aromatic N) is 5. The summed E-state index contributed by atoms with van der Waals surface area (Å²) < 4.78 is 26.2. The van der Waals surface area contributed by atoms with Crippen LogP contribution in [0.1, 0.15) is 39.1 Å². The fourth-order valence-corrected chi connectivity index (χ4v) is 6.60. The van der Waals surface area contributed by atoms with Crippen LogP contribution in [0.15, 0.2) is 101 Å². The predicted molar refractivity (Wildman–Crippen MR) is 174 cm³/mol. The van der Waals surface area contributed by atoms with Crippen LogP contribution in [-0.2, 0) is 11.3 Å². The van der Waals surface area contributed by atoms with E-state index in [-0.39, 0.29) is 30.2 Å². The van der Waals surface area contributed by atoms with E-state index in [4.69, 9.17) is 14.6 Å². The molecular formula is C33H29FN6O4S2. The highest BCUT2D eigenvalue weighted by molar-refractivity contribution is 7.99. The molecule has 0 spiro atoms. The molecule has 0 fully saturated rings. The molecule has 0 unspecified atom stereocenters. The fourth-order valence-electron chi connectivity index (χ4n) is 5.05. The molecule has 0 saturated carbocycles. The lowest BCUT2D eigenvalue weighted by Gasteiger charge is -2.22. The van der Waals surface area contributed by atoms with Crippen molar-refractivity contribution in [3.8, 4) is 17.2 Å². The smallest absolute Gasteiger partial charge is 0.255 e. The number of thioether (sulfide) groups is 1. The van der Waals surface area contributed by atoms with Crippen LogP contribution in [0.5, 0.6) is 11.5 Å². The van der Waals surface area contributed by atoms with Gasteiger partial charge in [0.05, 0.1) is 48.7 Å². The Kier molecular flexibility index (Phi) is 9.41. The summed E-state index contributed by atoms with van der Waals surface area (Å²) in [6, 6.07) is 24.0. The quantitative estimate of drug-likeness (QED) is 0.177. The third kappa shape index (κ3) is 6.65. The molecule has 1 N–H and O–H groups in total. The second kappa shape index (κ2) is 14.0. The predicted octanol–water partition coefficient (Wildman–Crippen LogP) is 5.89. The maximum absolute atomic E-state index is 13.8. The molecule has 6 rings (SSSR count). The van der Waals surface area contributed by atoms with Gasteiger partial charge in [0.1, 0.15) is 17.3 Å². The van der Waals surface area contributed by atoms with E-state index < -0.39 is 5.82 Å². The zero-order valence-electron chi connectivity index (χ0n) is 24.9. The summed E-state index contributed by atoms with van der Waals surface area (Å²) in [5.74, 6) is 0.621. The minimum absolute atomic E-state index is 0.0147. The van der Waals surface area contributed by atoms with Crippen molar-refractivity contribution in [2.45, 2.75) is 24.2 Å². The van der Waals surface area contributed by atoms with Gasteiger partial charge in [0.15, 0.2) is 11.0 Å². The number of benzene rings is 3. The van der Waals surface area contributed by atoms with Crippen LogP contribution in [0.25, 0.3) is 5.69 Å². The van der Waals surface area contributed by atoms with Crippen LogP contribution in [0.2, 0.25) is 0 Å². The first-order valence-corrected chi connectivity index (χ1v) is 16.1. The maximum Gasteiger partial charge on any atom is 0.255 e. The Balaban J connectivity index is 1.23. The Hall–Kier alpha value is -5.01. The number of carbonyl (C=O) groups excluding carboxylic acids is 2. The molecule has 5 aromatic rings. The van der Waals surface area contributed by atoms with Gasteiger partial charge in [-0.15, -0.1) is 21.5 Å². The first-order chi connectivity index (χ1) is 22.4. The standard InChI is InChI=1S/C33H29FN6O4S2/c1-43-24-15-9-21(10-16-24)27-18-26(29-8-5-17-45-29)38-40(27)31(41)20-46-33-37-36-30(39(33)23-13-11-22(34)12-14-23)19-35-32(42)25-6-3-4-7-28(25)44-2/h3-17,27H,18-20H2,1-2H3,(H,35,42)/t27-/m1/s1. The molecule has 1 atom stereocenters. The van der Waals surface area contributed by atoms with Crippen molar-refractivity contribution >= 4 is 40.6 Å².